The molecule has 6 atom stereocenters. The smallest absolute Gasteiger partial charge is 0.0543 e. The standard InChI is InChI=1S/C16H28O/c1-10-14-8-12(16(10,2)3)9-15(14)11-5-4-6-13(17)7-11/h10-15,17H,4-9H2,1-3H3/t10-,11+,12-,13-,14-,15-/m0/s1. The Morgan fingerprint density at radius 1 is 1.00 bits per heavy atom. The summed E-state index contributed by atoms with van der Waals surface area (Å²) in [5, 5.41) is 9.88. The fraction of sp³-hybridized carbons (Fsp3) is 1.00. The zero-order valence-electron chi connectivity index (χ0n) is 11.7. The third-order valence-electron chi connectivity index (χ3n) is 6.82. The summed E-state index contributed by atoms with van der Waals surface area (Å²) in [4.78, 5) is 0. The molecule has 98 valence electrons. The molecule has 0 radical (unpaired) electrons. The number of aliphatic hydroxyl groups excluding tert-OH is 1. The van der Waals surface area contributed by atoms with Gasteiger partial charge in [0.25, 0.3) is 0 Å². The maximum Gasteiger partial charge on any atom is 0.0543 e. The monoisotopic (exact) mass is 236 g/mol. The molecule has 3 rings (SSSR count). The van der Waals surface area contributed by atoms with Gasteiger partial charge in [-0.05, 0) is 67.1 Å². The lowest BCUT2D eigenvalue weighted by Gasteiger charge is -2.44. The Morgan fingerprint density at radius 3 is 2.29 bits per heavy atom. The molecule has 0 spiro atoms. The van der Waals surface area contributed by atoms with E-state index in [1.807, 2.05) is 0 Å². The Hall–Kier alpha value is -0.0400. The third kappa shape index (κ3) is 1.77. The molecule has 1 nitrogen and oxygen atoms in total. The van der Waals surface area contributed by atoms with Crippen molar-refractivity contribution in [2.75, 3.05) is 0 Å². The molecule has 17 heavy (non-hydrogen) atoms. The first kappa shape index (κ1) is 12.0. The Kier molecular flexibility index (Phi) is 2.81. The highest BCUT2D eigenvalue weighted by Gasteiger charge is 2.56. The maximum absolute atomic E-state index is 9.88. The second-order valence-electron chi connectivity index (χ2n) is 7.69. The van der Waals surface area contributed by atoms with Crippen molar-refractivity contribution in [1.82, 2.24) is 0 Å². The van der Waals surface area contributed by atoms with Crippen molar-refractivity contribution in [2.24, 2.45) is 35.0 Å². The van der Waals surface area contributed by atoms with Gasteiger partial charge < -0.3 is 5.11 Å². The fourth-order valence-corrected chi connectivity index (χ4v) is 5.34. The fourth-order valence-electron chi connectivity index (χ4n) is 5.34. The molecule has 3 fully saturated rings. The highest BCUT2D eigenvalue weighted by Crippen LogP contribution is 2.63. The summed E-state index contributed by atoms with van der Waals surface area (Å²) >= 11 is 0. The van der Waals surface area contributed by atoms with Crippen molar-refractivity contribution in [1.29, 1.82) is 0 Å². The molecule has 3 aliphatic rings. The van der Waals surface area contributed by atoms with Crippen LogP contribution in [-0.4, -0.2) is 11.2 Å². The maximum atomic E-state index is 9.88. The Labute approximate surface area is 106 Å². The zero-order chi connectivity index (χ0) is 12.2. The molecule has 0 aliphatic heterocycles. The van der Waals surface area contributed by atoms with Gasteiger partial charge in [0.2, 0.25) is 0 Å². The van der Waals surface area contributed by atoms with Crippen molar-refractivity contribution in [3.8, 4) is 0 Å². The van der Waals surface area contributed by atoms with Gasteiger partial charge in [0, 0.05) is 0 Å². The SMILES string of the molecule is C[C@H]1[C@@H]2C[C@@H](C[C@H]2[C@@H]2CCC[C@H](O)C2)C1(C)C. The molecule has 0 aromatic heterocycles. The van der Waals surface area contributed by atoms with Crippen LogP contribution in [0.4, 0.5) is 0 Å². The molecule has 0 aromatic carbocycles. The lowest BCUT2D eigenvalue weighted by Crippen LogP contribution is -2.37. The number of hydrogen-bond donors (Lipinski definition) is 1. The first-order valence-corrected chi connectivity index (χ1v) is 7.68. The van der Waals surface area contributed by atoms with Gasteiger partial charge in [0.05, 0.1) is 6.10 Å². The van der Waals surface area contributed by atoms with E-state index in [0.29, 0.717) is 5.41 Å². The number of aliphatic hydroxyl groups is 1. The molecule has 0 unspecified atom stereocenters. The normalized spacial score (nSPS) is 52.9. The van der Waals surface area contributed by atoms with Crippen LogP contribution >= 0.6 is 0 Å². The number of rotatable bonds is 1. The lowest BCUT2D eigenvalue weighted by molar-refractivity contribution is 0.0247. The predicted molar refractivity (Wildman–Crippen MR) is 70.6 cm³/mol. The van der Waals surface area contributed by atoms with E-state index in [2.05, 4.69) is 20.8 Å². The molecule has 3 aliphatic carbocycles. The average Bonchev–Trinajstić information content (AvgIpc) is 2.79. The van der Waals surface area contributed by atoms with Crippen LogP contribution in [0.15, 0.2) is 0 Å². The molecular formula is C16H28O. The summed E-state index contributed by atoms with van der Waals surface area (Å²) in [7, 11) is 0. The third-order valence-corrected chi connectivity index (χ3v) is 6.82. The van der Waals surface area contributed by atoms with Gasteiger partial charge >= 0.3 is 0 Å². The van der Waals surface area contributed by atoms with Crippen LogP contribution in [-0.2, 0) is 0 Å². The molecule has 0 saturated heterocycles. The first-order valence-electron chi connectivity index (χ1n) is 7.68. The summed E-state index contributed by atoms with van der Waals surface area (Å²) in [6.45, 7) is 7.44. The van der Waals surface area contributed by atoms with E-state index < -0.39 is 0 Å². The van der Waals surface area contributed by atoms with Crippen LogP contribution < -0.4 is 0 Å². The van der Waals surface area contributed by atoms with E-state index in [9.17, 15) is 5.11 Å². The van der Waals surface area contributed by atoms with Crippen LogP contribution in [0.3, 0.4) is 0 Å². The van der Waals surface area contributed by atoms with Gasteiger partial charge in [0.15, 0.2) is 0 Å². The van der Waals surface area contributed by atoms with Gasteiger partial charge in [-0.15, -0.1) is 0 Å². The van der Waals surface area contributed by atoms with Crippen molar-refractivity contribution in [3.05, 3.63) is 0 Å². The molecule has 0 amide bonds. The van der Waals surface area contributed by atoms with Crippen LogP contribution in [0.2, 0.25) is 0 Å². The summed E-state index contributed by atoms with van der Waals surface area (Å²) in [5.41, 5.74) is 0.578. The van der Waals surface area contributed by atoms with Gasteiger partial charge in [-0.2, -0.15) is 0 Å². The van der Waals surface area contributed by atoms with Crippen LogP contribution in [0.5, 0.6) is 0 Å². The Morgan fingerprint density at radius 2 is 1.71 bits per heavy atom. The summed E-state index contributed by atoms with van der Waals surface area (Å²) < 4.78 is 0. The minimum Gasteiger partial charge on any atom is -0.393 e. The molecule has 1 heteroatoms. The second-order valence-corrected chi connectivity index (χ2v) is 7.69. The van der Waals surface area contributed by atoms with Crippen LogP contribution in [0.1, 0.15) is 59.3 Å². The van der Waals surface area contributed by atoms with Crippen molar-refractivity contribution < 1.29 is 5.11 Å². The lowest BCUT2D eigenvalue weighted by atomic mass is 9.62. The summed E-state index contributed by atoms with van der Waals surface area (Å²) in [6, 6.07) is 0. The molecule has 2 bridgehead atoms. The van der Waals surface area contributed by atoms with E-state index in [0.717, 1.165) is 42.4 Å². The predicted octanol–water partition coefficient (Wildman–Crippen LogP) is 3.86. The van der Waals surface area contributed by atoms with Crippen molar-refractivity contribution in [2.45, 2.75) is 65.4 Å². The van der Waals surface area contributed by atoms with Crippen molar-refractivity contribution in [3.63, 3.8) is 0 Å². The highest BCUT2D eigenvalue weighted by molar-refractivity contribution is 5.05. The van der Waals surface area contributed by atoms with Crippen LogP contribution in [0, 0.1) is 35.0 Å². The molecule has 3 saturated carbocycles. The minimum atomic E-state index is 0.0104. The van der Waals surface area contributed by atoms with Gasteiger partial charge in [-0.25, -0.2) is 0 Å². The Bertz CT molecular complexity index is 292. The first-order chi connectivity index (χ1) is 8.00. The van der Waals surface area contributed by atoms with E-state index >= 15 is 0 Å². The number of fused-ring (bicyclic) bond motifs is 2. The van der Waals surface area contributed by atoms with Crippen molar-refractivity contribution >= 4 is 0 Å². The molecule has 1 N–H and O–H groups in total. The molecule has 0 heterocycles. The Balaban J connectivity index is 1.72. The zero-order valence-corrected chi connectivity index (χ0v) is 11.7. The highest BCUT2D eigenvalue weighted by atomic mass is 16.3. The quantitative estimate of drug-likeness (QED) is 0.733. The summed E-state index contributed by atoms with van der Waals surface area (Å²) in [6.07, 6.45) is 7.75. The largest absolute Gasteiger partial charge is 0.393 e. The molecular weight excluding hydrogens is 208 g/mol. The van der Waals surface area contributed by atoms with E-state index in [4.69, 9.17) is 0 Å². The topological polar surface area (TPSA) is 20.2 Å². The number of hydrogen-bond acceptors (Lipinski definition) is 1. The van der Waals surface area contributed by atoms with E-state index in [1.54, 1.807) is 0 Å². The average molecular weight is 236 g/mol. The summed E-state index contributed by atoms with van der Waals surface area (Å²) in [5.74, 6) is 4.60. The minimum absolute atomic E-state index is 0.0104. The van der Waals surface area contributed by atoms with Crippen LogP contribution in [0.25, 0.3) is 0 Å². The van der Waals surface area contributed by atoms with Gasteiger partial charge in [0.1, 0.15) is 0 Å². The molecule has 0 aromatic rings. The van der Waals surface area contributed by atoms with E-state index in [1.165, 1.54) is 25.7 Å². The van der Waals surface area contributed by atoms with Gasteiger partial charge in [-0.3, -0.25) is 0 Å². The van der Waals surface area contributed by atoms with Gasteiger partial charge in [-0.1, -0.05) is 27.2 Å². The second kappa shape index (κ2) is 3.98. The van der Waals surface area contributed by atoms with E-state index in [-0.39, 0.29) is 6.10 Å².